The molecule has 2 aromatic rings. The van der Waals surface area contributed by atoms with Crippen LogP contribution in [0, 0.1) is 11.8 Å². The van der Waals surface area contributed by atoms with Gasteiger partial charge in [-0.2, -0.15) is 0 Å². The molecule has 1 aromatic heterocycles. The van der Waals surface area contributed by atoms with Gasteiger partial charge >= 0.3 is 0 Å². The molecule has 0 saturated carbocycles. The summed E-state index contributed by atoms with van der Waals surface area (Å²) in [6.07, 6.45) is 9.82. The molecule has 1 nitrogen and oxygen atoms in total. The van der Waals surface area contributed by atoms with Crippen molar-refractivity contribution in [2.75, 3.05) is 0 Å². The van der Waals surface area contributed by atoms with Crippen molar-refractivity contribution in [1.29, 1.82) is 0 Å². The van der Waals surface area contributed by atoms with Crippen molar-refractivity contribution in [2.45, 2.75) is 71.1 Å². The van der Waals surface area contributed by atoms with Crippen molar-refractivity contribution in [3.05, 3.63) is 64.5 Å². The highest BCUT2D eigenvalue weighted by Crippen LogP contribution is 2.42. The molecule has 0 radical (unpaired) electrons. The van der Waals surface area contributed by atoms with Crippen molar-refractivity contribution in [3.8, 4) is 0 Å². The van der Waals surface area contributed by atoms with Gasteiger partial charge in [0, 0.05) is 11.9 Å². The van der Waals surface area contributed by atoms with E-state index in [0.717, 1.165) is 17.8 Å². The van der Waals surface area contributed by atoms with Crippen LogP contribution < -0.4 is 0 Å². The van der Waals surface area contributed by atoms with Gasteiger partial charge in [-0.3, -0.25) is 4.98 Å². The normalized spacial score (nSPS) is 23.4. The van der Waals surface area contributed by atoms with Crippen LogP contribution in [0.4, 0.5) is 0 Å². The molecule has 0 saturated heterocycles. The van der Waals surface area contributed by atoms with Gasteiger partial charge < -0.3 is 0 Å². The van der Waals surface area contributed by atoms with E-state index in [9.17, 15) is 0 Å². The Morgan fingerprint density at radius 1 is 1.04 bits per heavy atom. The molecule has 1 heterocycles. The molecule has 25 heavy (non-hydrogen) atoms. The minimum Gasteiger partial charge on any atom is -0.261 e. The maximum Gasteiger partial charge on any atom is 0.0435 e. The Balaban J connectivity index is 1.45. The van der Waals surface area contributed by atoms with Crippen LogP contribution in [0.25, 0.3) is 0 Å². The zero-order valence-electron chi connectivity index (χ0n) is 16.0. The third kappa shape index (κ3) is 3.38. The van der Waals surface area contributed by atoms with Crippen LogP contribution in [0.3, 0.4) is 0 Å². The van der Waals surface area contributed by atoms with Crippen molar-refractivity contribution in [2.24, 2.45) is 11.8 Å². The van der Waals surface area contributed by atoms with Crippen LogP contribution in [0.1, 0.15) is 79.8 Å². The number of pyridine rings is 1. The molecule has 0 N–H and O–H groups in total. The van der Waals surface area contributed by atoms with Crippen LogP contribution in [-0.2, 0) is 19.3 Å². The predicted octanol–water partition coefficient (Wildman–Crippen LogP) is 6.07. The van der Waals surface area contributed by atoms with Crippen molar-refractivity contribution < 1.29 is 0 Å². The van der Waals surface area contributed by atoms with Gasteiger partial charge in [0.2, 0.25) is 0 Å². The molecular weight excluding hydrogens is 302 g/mol. The van der Waals surface area contributed by atoms with Gasteiger partial charge in [-0.25, -0.2) is 0 Å². The Bertz CT molecular complexity index is 746. The Hall–Kier alpha value is -1.63. The maximum absolute atomic E-state index is 4.76. The molecule has 132 valence electrons. The van der Waals surface area contributed by atoms with Crippen LogP contribution in [0.5, 0.6) is 0 Å². The summed E-state index contributed by atoms with van der Waals surface area (Å²) < 4.78 is 0. The molecule has 1 aromatic carbocycles. The number of aryl methyl sites for hydroxylation is 2. The van der Waals surface area contributed by atoms with Gasteiger partial charge in [0.25, 0.3) is 0 Å². The first-order valence-electron chi connectivity index (χ1n) is 10.2. The van der Waals surface area contributed by atoms with Gasteiger partial charge in [-0.15, -0.1) is 0 Å². The van der Waals surface area contributed by atoms with Crippen molar-refractivity contribution >= 4 is 0 Å². The van der Waals surface area contributed by atoms with Gasteiger partial charge in [-0.1, -0.05) is 51.1 Å². The largest absolute Gasteiger partial charge is 0.261 e. The fourth-order valence-electron chi connectivity index (χ4n) is 5.10. The standard InChI is InChI=1S/C24H31N/c1-16(2)21-14-20-13-18(8-11-24(20)25-15-21)12-17(3)22-10-9-19-6-4-5-7-23(19)22/h4-7,14-18,22H,8-13H2,1-3H3. The third-order valence-corrected chi connectivity index (χ3v) is 6.62. The van der Waals surface area contributed by atoms with E-state index >= 15 is 0 Å². The first kappa shape index (κ1) is 16.8. The summed E-state index contributed by atoms with van der Waals surface area (Å²) in [5.74, 6) is 2.97. The van der Waals surface area contributed by atoms with E-state index in [1.165, 1.54) is 55.3 Å². The highest BCUT2D eigenvalue weighted by Gasteiger charge is 2.30. The van der Waals surface area contributed by atoms with E-state index in [2.05, 4.69) is 57.3 Å². The van der Waals surface area contributed by atoms with Crippen molar-refractivity contribution in [1.82, 2.24) is 4.98 Å². The molecule has 0 bridgehead atoms. The van der Waals surface area contributed by atoms with Gasteiger partial charge in [0.15, 0.2) is 0 Å². The Morgan fingerprint density at radius 2 is 1.88 bits per heavy atom. The van der Waals surface area contributed by atoms with Crippen molar-refractivity contribution in [3.63, 3.8) is 0 Å². The van der Waals surface area contributed by atoms with Gasteiger partial charge in [0.1, 0.15) is 0 Å². The van der Waals surface area contributed by atoms with E-state index < -0.39 is 0 Å². The molecule has 2 aliphatic carbocycles. The minimum atomic E-state index is 0.576. The number of nitrogens with zero attached hydrogens (tertiary/aromatic N) is 1. The fourth-order valence-corrected chi connectivity index (χ4v) is 5.10. The quantitative estimate of drug-likeness (QED) is 0.662. The highest BCUT2D eigenvalue weighted by molar-refractivity contribution is 5.35. The van der Waals surface area contributed by atoms with E-state index in [4.69, 9.17) is 4.98 Å². The third-order valence-electron chi connectivity index (χ3n) is 6.62. The van der Waals surface area contributed by atoms with Crippen LogP contribution in [-0.4, -0.2) is 4.98 Å². The summed E-state index contributed by atoms with van der Waals surface area (Å²) in [5, 5.41) is 0. The summed E-state index contributed by atoms with van der Waals surface area (Å²) in [7, 11) is 0. The molecule has 0 spiro atoms. The molecule has 0 amide bonds. The Labute approximate surface area is 152 Å². The molecular formula is C24H31N. The highest BCUT2D eigenvalue weighted by atomic mass is 14.7. The zero-order valence-corrected chi connectivity index (χ0v) is 16.0. The number of hydrogen-bond donors (Lipinski definition) is 0. The topological polar surface area (TPSA) is 12.9 Å². The monoisotopic (exact) mass is 333 g/mol. The number of hydrogen-bond acceptors (Lipinski definition) is 1. The van der Waals surface area contributed by atoms with Crippen LogP contribution >= 0.6 is 0 Å². The van der Waals surface area contributed by atoms with E-state index in [0.29, 0.717) is 5.92 Å². The van der Waals surface area contributed by atoms with Gasteiger partial charge in [-0.05, 0) is 84.5 Å². The lowest BCUT2D eigenvalue weighted by Gasteiger charge is -2.29. The van der Waals surface area contributed by atoms with Crippen LogP contribution in [0.2, 0.25) is 0 Å². The summed E-state index contributed by atoms with van der Waals surface area (Å²) >= 11 is 0. The molecule has 3 atom stereocenters. The SMILES string of the molecule is CC(C)c1cnc2c(c1)CC(CC(C)C1CCc3ccccc31)CC2. The molecule has 3 unspecified atom stereocenters. The summed E-state index contributed by atoms with van der Waals surface area (Å²) in [5.41, 5.74) is 7.52. The van der Waals surface area contributed by atoms with Gasteiger partial charge in [0.05, 0.1) is 0 Å². The molecule has 0 aliphatic heterocycles. The van der Waals surface area contributed by atoms with E-state index in [1.54, 1.807) is 11.1 Å². The Morgan fingerprint density at radius 3 is 2.72 bits per heavy atom. The fraction of sp³-hybridized carbons (Fsp3) is 0.542. The first-order valence-corrected chi connectivity index (χ1v) is 10.2. The molecule has 2 aliphatic rings. The number of fused-ring (bicyclic) bond motifs is 2. The number of aromatic nitrogens is 1. The lowest BCUT2D eigenvalue weighted by Crippen LogP contribution is -2.20. The van der Waals surface area contributed by atoms with Crippen LogP contribution in [0.15, 0.2) is 36.5 Å². The summed E-state index contributed by atoms with van der Waals surface area (Å²) in [4.78, 5) is 4.76. The minimum absolute atomic E-state index is 0.576. The molecule has 1 heteroatoms. The second-order valence-corrected chi connectivity index (χ2v) is 8.69. The van der Waals surface area contributed by atoms with E-state index in [1.807, 2.05) is 0 Å². The van der Waals surface area contributed by atoms with E-state index in [-0.39, 0.29) is 0 Å². The Kier molecular flexibility index (Phi) is 4.67. The zero-order chi connectivity index (χ0) is 17.4. The number of benzene rings is 1. The summed E-state index contributed by atoms with van der Waals surface area (Å²) in [6, 6.07) is 11.6. The number of rotatable bonds is 4. The molecule has 4 rings (SSSR count). The predicted molar refractivity (Wildman–Crippen MR) is 105 cm³/mol. The first-order chi connectivity index (χ1) is 12.1. The average molecular weight is 334 g/mol. The smallest absolute Gasteiger partial charge is 0.0435 e. The maximum atomic E-state index is 4.76. The lowest BCUT2D eigenvalue weighted by atomic mass is 9.76. The second kappa shape index (κ2) is 6.94. The lowest BCUT2D eigenvalue weighted by molar-refractivity contribution is 0.315. The molecule has 0 fully saturated rings. The second-order valence-electron chi connectivity index (χ2n) is 8.69. The summed E-state index contributed by atoms with van der Waals surface area (Å²) in [6.45, 7) is 7.03. The average Bonchev–Trinajstić information content (AvgIpc) is 3.05.